The zero-order valence-electron chi connectivity index (χ0n) is 11.1. The van der Waals surface area contributed by atoms with Crippen LogP contribution in [-0.2, 0) is 9.59 Å². The lowest BCUT2D eigenvalue weighted by molar-refractivity contribution is -0.133. The number of hydrogen-bond donors (Lipinski definition) is 1. The quantitative estimate of drug-likeness (QED) is 0.892. The molecule has 0 saturated carbocycles. The fraction of sp³-hybridized carbons (Fsp3) is 0.500. The monoisotopic (exact) mass is 261 g/mol. The molecule has 0 aliphatic carbocycles. The number of carbonyl (C=O) groups is 2. The van der Waals surface area contributed by atoms with E-state index in [-0.39, 0.29) is 17.7 Å². The minimum atomic E-state index is -0.193. The number of nitrogens with one attached hydrogen (secondary N) is 1. The van der Waals surface area contributed by atoms with Crippen LogP contribution in [0.4, 0.5) is 5.69 Å². The van der Waals surface area contributed by atoms with Crippen molar-refractivity contribution in [2.24, 2.45) is 5.92 Å². The first-order valence-corrected chi connectivity index (χ1v) is 6.69. The minimum Gasteiger partial charge on any atom is -0.371 e. The zero-order chi connectivity index (χ0) is 13.7. The van der Waals surface area contributed by atoms with Crippen LogP contribution < -0.4 is 10.2 Å². The molecule has 1 aromatic heterocycles. The van der Waals surface area contributed by atoms with Gasteiger partial charge in [0.15, 0.2) is 0 Å². The summed E-state index contributed by atoms with van der Waals surface area (Å²) in [5.41, 5.74) is 1.14. The number of aromatic nitrogens is 1. The molecule has 0 unspecified atom stereocenters. The maximum Gasteiger partial charge on any atom is 0.229 e. The fourth-order valence-corrected chi connectivity index (χ4v) is 2.28. The molecule has 1 aliphatic heterocycles. The molecule has 0 radical (unpaired) electrons. The minimum absolute atomic E-state index is 0.0476. The molecule has 19 heavy (non-hydrogen) atoms. The number of nitrogens with zero attached hydrogens (tertiary/aromatic N) is 2. The first-order chi connectivity index (χ1) is 9.20. The SMILES string of the molecule is CCC(=O)NC(=O)C1CCN(c2ccncc2)CC1. The Labute approximate surface area is 113 Å². The van der Waals surface area contributed by atoms with E-state index in [1.54, 1.807) is 19.3 Å². The molecule has 1 fully saturated rings. The Balaban J connectivity index is 1.86. The van der Waals surface area contributed by atoms with Crippen molar-refractivity contribution in [2.45, 2.75) is 26.2 Å². The number of rotatable bonds is 3. The van der Waals surface area contributed by atoms with E-state index in [2.05, 4.69) is 15.2 Å². The van der Waals surface area contributed by atoms with E-state index < -0.39 is 0 Å². The highest BCUT2D eigenvalue weighted by Crippen LogP contribution is 2.22. The van der Waals surface area contributed by atoms with E-state index in [0.717, 1.165) is 31.6 Å². The van der Waals surface area contributed by atoms with Gasteiger partial charge in [-0.05, 0) is 25.0 Å². The molecule has 0 spiro atoms. The number of imide groups is 1. The van der Waals surface area contributed by atoms with Crippen molar-refractivity contribution in [3.05, 3.63) is 24.5 Å². The van der Waals surface area contributed by atoms with Crippen LogP contribution in [0.2, 0.25) is 0 Å². The molecule has 1 aliphatic rings. The van der Waals surface area contributed by atoms with E-state index in [4.69, 9.17) is 0 Å². The molecule has 1 saturated heterocycles. The molecule has 5 nitrogen and oxygen atoms in total. The molecule has 1 N–H and O–H groups in total. The molecule has 2 amide bonds. The van der Waals surface area contributed by atoms with Gasteiger partial charge >= 0.3 is 0 Å². The van der Waals surface area contributed by atoms with Crippen LogP contribution in [0, 0.1) is 5.92 Å². The van der Waals surface area contributed by atoms with E-state index in [9.17, 15) is 9.59 Å². The van der Waals surface area contributed by atoms with E-state index >= 15 is 0 Å². The van der Waals surface area contributed by atoms with Gasteiger partial charge in [0.1, 0.15) is 0 Å². The summed E-state index contributed by atoms with van der Waals surface area (Å²) in [6.45, 7) is 3.42. The topological polar surface area (TPSA) is 62.3 Å². The number of anilines is 1. The van der Waals surface area contributed by atoms with Crippen molar-refractivity contribution in [3.8, 4) is 0 Å². The second-order valence-corrected chi connectivity index (χ2v) is 4.73. The largest absolute Gasteiger partial charge is 0.371 e. The lowest BCUT2D eigenvalue weighted by Crippen LogP contribution is -2.42. The van der Waals surface area contributed by atoms with Crippen molar-refractivity contribution < 1.29 is 9.59 Å². The molecule has 1 aromatic rings. The normalized spacial score (nSPS) is 16.2. The van der Waals surface area contributed by atoms with Crippen LogP contribution >= 0.6 is 0 Å². The molecular weight excluding hydrogens is 242 g/mol. The van der Waals surface area contributed by atoms with Crippen molar-refractivity contribution in [1.29, 1.82) is 0 Å². The Kier molecular flexibility index (Phi) is 4.49. The molecule has 2 rings (SSSR count). The van der Waals surface area contributed by atoms with Gasteiger partial charge < -0.3 is 4.90 Å². The van der Waals surface area contributed by atoms with Gasteiger partial charge in [-0.2, -0.15) is 0 Å². The number of pyridine rings is 1. The van der Waals surface area contributed by atoms with Gasteiger partial charge in [-0.3, -0.25) is 19.9 Å². The fourth-order valence-electron chi connectivity index (χ4n) is 2.28. The zero-order valence-corrected chi connectivity index (χ0v) is 11.1. The summed E-state index contributed by atoms with van der Waals surface area (Å²) >= 11 is 0. The summed E-state index contributed by atoms with van der Waals surface area (Å²) in [5.74, 6) is -0.364. The Bertz CT molecular complexity index is 439. The van der Waals surface area contributed by atoms with Gasteiger partial charge in [-0.15, -0.1) is 0 Å². The Morgan fingerprint density at radius 3 is 2.53 bits per heavy atom. The number of carbonyl (C=O) groups excluding carboxylic acids is 2. The third-order valence-corrected chi connectivity index (χ3v) is 3.48. The van der Waals surface area contributed by atoms with Crippen molar-refractivity contribution in [3.63, 3.8) is 0 Å². The third-order valence-electron chi connectivity index (χ3n) is 3.48. The summed E-state index contributed by atoms with van der Waals surface area (Å²) < 4.78 is 0. The van der Waals surface area contributed by atoms with Crippen LogP contribution in [-0.4, -0.2) is 29.9 Å². The summed E-state index contributed by atoms with van der Waals surface area (Å²) in [6.07, 6.45) is 5.46. The van der Waals surface area contributed by atoms with Crippen molar-refractivity contribution in [1.82, 2.24) is 10.3 Å². The van der Waals surface area contributed by atoms with Crippen LogP contribution in [0.15, 0.2) is 24.5 Å². The Morgan fingerprint density at radius 1 is 1.32 bits per heavy atom. The van der Waals surface area contributed by atoms with Crippen LogP contribution in [0.25, 0.3) is 0 Å². The standard InChI is InChI=1S/C14H19N3O2/c1-2-13(18)16-14(19)11-5-9-17(10-6-11)12-3-7-15-8-4-12/h3-4,7-8,11H,2,5-6,9-10H2,1H3,(H,16,18,19). The first kappa shape index (κ1) is 13.5. The highest BCUT2D eigenvalue weighted by Gasteiger charge is 2.25. The van der Waals surface area contributed by atoms with Gasteiger partial charge in [-0.1, -0.05) is 6.92 Å². The predicted octanol–water partition coefficient (Wildman–Crippen LogP) is 1.35. The van der Waals surface area contributed by atoms with Gasteiger partial charge in [-0.25, -0.2) is 0 Å². The lowest BCUT2D eigenvalue weighted by Gasteiger charge is -2.32. The van der Waals surface area contributed by atoms with Crippen LogP contribution in [0.3, 0.4) is 0 Å². The molecule has 0 aromatic carbocycles. The van der Waals surface area contributed by atoms with Crippen LogP contribution in [0.5, 0.6) is 0 Å². The summed E-state index contributed by atoms with van der Waals surface area (Å²) in [6, 6.07) is 3.95. The van der Waals surface area contributed by atoms with Gasteiger partial charge in [0, 0.05) is 43.5 Å². The Hall–Kier alpha value is -1.91. The summed E-state index contributed by atoms with van der Waals surface area (Å²) in [4.78, 5) is 29.3. The van der Waals surface area contributed by atoms with Crippen LogP contribution in [0.1, 0.15) is 26.2 Å². The average Bonchev–Trinajstić information content (AvgIpc) is 2.48. The average molecular weight is 261 g/mol. The maximum atomic E-state index is 11.9. The number of amides is 2. The molecule has 2 heterocycles. The molecule has 102 valence electrons. The second kappa shape index (κ2) is 6.31. The van der Waals surface area contributed by atoms with Crippen molar-refractivity contribution in [2.75, 3.05) is 18.0 Å². The molecule has 0 bridgehead atoms. The molecule has 5 heteroatoms. The van der Waals surface area contributed by atoms with Crippen molar-refractivity contribution >= 4 is 17.5 Å². The number of piperidine rings is 1. The first-order valence-electron chi connectivity index (χ1n) is 6.69. The predicted molar refractivity (Wildman–Crippen MR) is 72.6 cm³/mol. The maximum absolute atomic E-state index is 11.9. The van der Waals surface area contributed by atoms with Gasteiger partial charge in [0.2, 0.25) is 11.8 Å². The van der Waals surface area contributed by atoms with E-state index in [1.807, 2.05) is 12.1 Å². The van der Waals surface area contributed by atoms with Gasteiger partial charge in [0.05, 0.1) is 0 Å². The lowest BCUT2D eigenvalue weighted by atomic mass is 9.95. The second-order valence-electron chi connectivity index (χ2n) is 4.73. The summed E-state index contributed by atoms with van der Waals surface area (Å²) in [5, 5.41) is 2.45. The summed E-state index contributed by atoms with van der Waals surface area (Å²) in [7, 11) is 0. The highest BCUT2D eigenvalue weighted by molar-refractivity contribution is 5.96. The van der Waals surface area contributed by atoms with E-state index in [1.165, 1.54) is 0 Å². The Morgan fingerprint density at radius 2 is 1.95 bits per heavy atom. The smallest absolute Gasteiger partial charge is 0.229 e. The molecular formula is C14H19N3O2. The van der Waals surface area contributed by atoms with E-state index in [0.29, 0.717) is 6.42 Å². The molecule has 0 atom stereocenters. The number of hydrogen-bond acceptors (Lipinski definition) is 4. The highest BCUT2D eigenvalue weighted by atomic mass is 16.2. The third kappa shape index (κ3) is 3.53. The van der Waals surface area contributed by atoms with Gasteiger partial charge in [0.25, 0.3) is 0 Å².